The molecule has 2 aromatic rings. The van der Waals surface area contributed by atoms with Crippen LogP contribution in [-0.2, 0) is 15.9 Å². The third-order valence-corrected chi connectivity index (χ3v) is 6.66. The average Bonchev–Trinajstić information content (AvgIpc) is 2.91. The molecule has 0 N–H and O–H groups in total. The summed E-state index contributed by atoms with van der Waals surface area (Å²) in [5.41, 5.74) is 2.49. The van der Waals surface area contributed by atoms with Crippen molar-refractivity contribution in [1.29, 1.82) is 0 Å². The van der Waals surface area contributed by atoms with E-state index in [1.807, 2.05) is 38.1 Å². The molecule has 108 valence electrons. The molecule has 0 bridgehead atoms. The Hall–Kier alpha value is -1.04. The first-order valence-corrected chi connectivity index (χ1v) is 9.08. The number of halogens is 1. The fraction of sp³-hybridized carbons (Fsp3) is 0.286. The minimum atomic E-state index is -3.52. The SMILES string of the molecule is CCN(c1ccccc1C)S(=O)(=O)c1cc(CCl)cs1. The first-order chi connectivity index (χ1) is 9.50. The molecule has 0 amide bonds. The highest BCUT2D eigenvalue weighted by Gasteiger charge is 2.26. The van der Waals surface area contributed by atoms with Gasteiger partial charge in [-0.2, -0.15) is 0 Å². The van der Waals surface area contributed by atoms with E-state index >= 15 is 0 Å². The number of anilines is 1. The Bertz CT molecular complexity index is 695. The summed E-state index contributed by atoms with van der Waals surface area (Å²) >= 11 is 6.96. The van der Waals surface area contributed by atoms with Crippen LogP contribution in [0.2, 0.25) is 0 Å². The molecule has 0 spiro atoms. The Morgan fingerprint density at radius 3 is 2.55 bits per heavy atom. The molecule has 1 heterocycles. The zero-order valence-corrected chi connectivity index (χ0v) is 13.7. The van der Waals surface area contributed by atoms with Gasteiger partial charge in [-0.15, -0.1) is 22.9 Å². The molecule has 2 rings (SSSR count). The number of thiophene rings is 1. The topological polar surface area (TPSA) is 37.4 Å². The lowest BCUT2D eigenvalue weighted by molar-refractivity contribution is 0.593. The van der Waals surface area contributed by atoms with Crippen molar-refractivity contribution in [3.63, 3.8) is 0 Å². The molecule has 6 heteroatoms. The number of alkyl halides is 1. The molecule has 0 aliphatic carbocycles. The molecule has 0 saturated carbocycles. The molecule has 0 radical (unpaired) electrons. The third kappa shape index (κ3) is 2.85. The minimum absolute atomic E-state index is 0.322. The van der Waals surface area contributed by atoms with Crippen molar-refractivity contribution >= 4 is 38.6 Å². The predicted molar refractivity (Wildman–Crippen MR) is 85.3 cm³/mol. The second kappa shape index (κ2) is 6.16. The van der Waals surface area contributed by atoms with Gasteiger partial charge in [0.1, 0.15) is 4.21 Å². The fourth-order valence-electron chi connectivity index (χ4n) is 1.98. The van der Waals surface area contributed by atoms with Crippen LogP contribution in [0.3, 0.4) is 0 Å². The van der Waals surface area contributed by atoms with Crippen molar-refractivity contribution in [1.82, 2.24) is 0 Å². The summed E-state index contributed by atoms with van der Waals surface area (Å²) < 4.78 is 27.2. The monoisotopic (exact) mass is 329 g/mol. The Morgan fingerprint density at radius 1 is 1.30 bits per heavy atom. The van der Waals surface area contributed by atoms with Crippen molar-refractivity contribution < 1.29 is 8.42 Å². The summed E-state index contributed by atoms with van der Waals surface area (Å²) in [7, 11) is -3.52. The van der Waals surface area contributed by atoms with Crippen LogP contribution >= 0.6 is 22.9 Å². The van der Waals surface area contributed by atoms with E-state index in [-0.39, 0.29) is 0 Å². The van der Waals surface area contributed by atoms with Crippen LogP contribution in [-0.4, -0.2) is 15.0 Å². The number of rotatable bonds is 5. The van der Waals surface area contributed by atoms with E-state index in [2.05, 4.69) is 0 Å². The summed E-state index contributed by atoms with van der Waals surface area (Å²) in [5, 5.41) is 1.78. The van der Waals surface area contributed by atoms with E-state index in [0.29, 0.717) is 16.6 Å². The molecule has 0 fully saturated rings. The highest BCUT2D eigenvalue weighted by molar-refractivity contribution is 7.94. The van der Waals surface area contributed by atoms with Gasteiger partial charge in [-0.1, -0.05) is 18.2 Å². The molecule has 0 atom stereocenters. The van der Waals surface area contributed by atoms with Crippen LogP contribution in [0.15, 0.2) is 39.9 Å². The second-order valence-corrected chi connectivity index (χ2v) is 7.63. The second-order valence-electron chi connectivity index (χ2n) is 4.36. The molecule has 1 aromatic carbocycles. The quantitative estimate of drug-likeness (QED) is 0.777. The van der Waals surface area contributed by atoms with Gasteiger partial charge >= 0.3 is 0 Å². The van der Waals surface area contributed by atoms with Gasteiger partial charge in [0.15, 0.2) is 0 Å². The Kier molecular flexibility index (Phi) is 4.73. The first kappa shape index (κ1) is 15.4. The molecule has 20 heavy (non-hydrogen) atoms. The highest BCUT2D eigenvalue weighted by Crippen LogP contribution is 2.30. The molecular formula is C14H16ClNO2S2. The number of hydrogen-bond donors (Lipinski definition) is 0. The summed E-state index contributed by atoms with van der Waals surface area (Å²) in [6.07, 6.45) is 0. The van der Waals surface area contributed by atoms with E-state index in [1.54, 1.807) is 11.4 Å². The third-order valence-electron chi connectivity index (χ3n) is 3.00. The number of sulfonamides is 1. The lowest BCUT2D eigenvalue weighted by Gasteiger charge is -2.23. The molecule has 0 saturated heterocycles. The number of hydrogen-bond acceptors (Lipinski definition) is 3. The Morgan fingerprint density at radius 2 is 2.00 bits per heavy atom. The smallest absolute Gasteiger partial charge is 0.266 e. The van der Waals surface area contributed by atoms with Crippen molar-refractivity contribution in [2.75, 3.05) is 10.8 Å². The summed E-state index contributed by atoms with van der Waals surface area (Å²) in [6, 6.07) is 9.13. The van der Waals surface area contributed by atoms with Crippen molar-refractivity contribution in [2.45, 2.75) is 23.9 Å². The number of nitrogens with zero attached hydrogens (tertiary/aromatic N) is 1. The van der Waals surface area contributed by atoms with Crippen molar-refractivity contribution in [3.05, 3.63) is 46.8 Å². The standard InChI is InChI=1S/C14H16ClNO2S2/c1-3-16(13-7-5-4-6-11(13)2)20(17,18)14-8-12(9-15)10-19-14/h4-8,10H,3,9H2,1-2H3. The fourth-order valence-corrected chi connectivity index (χ4v) is 5.09. The average molecular weight is 330 g/mol. The van der Waals surface area contributed by atoms with Gasteiger partial charge in [-0.05, 0) is 42.5 Å². The molecule has 0 aliphatic rings. The molecule has 1 aromatic heterocycles. The van der Waals surface area contributed by atoms with Gasteiger partial charge < -0.3 is 0 Å². The molecule has 0 unspecified atom stereocenters. The Labute approximate surface area is 128 Å². The van der Waals surface area contributed by atoms with Crippen LogP contribution in [0, 0.1) is 6.92 Å². The molecule has 0 aliphatic heterocycles. The van der Waals surface area contributed by atoms with Crippen LogP contribution in [0.1, 0.15) is 18.1 Å². The Balaban J connectivity index is 2.48. The molecule has 3 nitrogen and oxygen atoms in total. The lowest BCUT2D eigenvalue weighted by atomic mass is 10.2. The van der Waals surface area contributed by atoms with Crippen LogP contribution in [0.4, 0.5) is 5.69 Å². The first-order valence-electron chi connectivity index (χ1n) is 6.22. The van der Waals surface area contributed by atoms with Gasteiger partial charge in [0.25, 0.3) is 10.0 Å². The van der Waals surface area contributed by atoms with E-state index in [4.69, 9.17) is 11.6 Å². The predicted octanol–water partition coefficient (Wildman–Crippen LogP) is 4.01. The summed E-state index contributed by atoms with van der Waals surface area (Å²) in [4.78, 5) is 0. The maximum Gasteiger partial charge on any atom is 0.273 e. The summed E-state index contributed by atoms with van der Waals surface area (Å²) in [5.74, 6) is 0.322. The van der Waals surface area contributed by atoms with Crippen LogP contribution in [0.5, 0.6) is 0 Å². The zero-order valence-electron chi connectivity index (χ0n) is 11.3. The van der Waals surface area contributed by atoms with E-state index in [9.17, 15) is 8.42 Å². The van der Waals surface area contributed by atoms with Gasteiger partial charge in [0.2, 0.25) is 0 Å². The van der Waals surface area contributed by atoms with E-state index < -0.39 is 10.0 Å². The van der Waals surface area contributed by atoms with Gasteiger partial charge in [0.05, 0.1) is 5.69 Å². The van der Waals surface area contributed by atoms with Crippen molar-refractivity contribution in [2.24, 2.45) is 0 Å². The van der Waals surface area contributed by atoms with Gasteiger partial charge in [0, 0.05) is 12.4 Å². The maximum atomic E-state index is 12.7. The number of para-hydroxylation sites is 1. The lowest BCUT2D eigenvalue weighted by Crippen LogP contribution is -2.30. The maximum absolute atomic E-state index is 12.7. The van der Waals surface area contributed by atoms with Crippen LogP contribution in [0.25, 0.3) is 0 Å². The largest absolute Gasteiger partial charge is 0.273 e. The minimum Gasteiger partial charge on any atom is -0.266 e. The van der Waals surface area contributed by atoms with Gasteiger partial charge in [-0.3, -0.25) is 4.31 Å². The van der Waals surface area contributed by atoms with Gasteiger partial charge in [-0.25, -0.2) is 8.42 Å². The highest BCUT2D eigenvalue weighted by atomic mass is 35.5. The molecular weight excluding hydrogens is 314 g/mol. The van der Waals surface area contributed by atoms with E-state index in [1.165, 1.54) is 15.6 Å². The summed E-state index contributed by atoms with van der Waals surface area (Å²) in [6.45, 7) is 4.13. The normalized spacial score (nSPS) is 11.6. The number of aryl methyl sites for hydroxylation is 1. The van der Waals surface area contributed by atoms with E-state index in [0.717, 1.165) is 16.8 Å². The zero-order chi connectivity index (χ0) is 14.8. The van der Waals surface area contributed by atoms with Crippen LogP contribution < -0.4 is 4.31 Å². The van der Waals surface area contributed by atoms with Crippen molar-refractivity contribution in [3.8, 4) is 0 Å². The number of benzene rings is 1.